The molecule has 1 aliphatic heterocycles. The van der Waals surface area contributed by atoms with Gasteiger partial charge >= 0.3 is 18.0 Å². The molecular formula is C25H32Cl2N6O5. The molecule has 2 aromatic rings. The number of carbonyl (C=O) groups excluding carboxylic acids is 3. The fourth-order valence-electron chi connectivity index (χ4n) is 3.75. The number of aromatic nitrogens is 2. The van der Waals surface area contributed by atoms with Crippen LogP contribution in [0.1, 0.15) is 52.7 Å². The highest BCUT2D eigenvalue weighted by molar-refractivity contribution is 6.31. The van der Waals surface area contributed by atoms with Crippen molar-refractivity contribution >= 4 is 52.5 Å². The van der Waals surface area contributed by atoms with Crippen molar-refractivity contribution in [2.24, 2.45) is 0 Å². The number of ether oxygens (including phenoxy) is 2. The highest BCUT2D eigenvalue weighted by atomic mass is 35.5. The number of nitrogens with zero attached hydrogens (tertiary/aromatic N) is 3. The molecule has 0 aliphatic carbocycles. The SMILES string of the molecule is CC(C)(C)OC(=O)C(NCc1c(N)ccnc1Cl)C(C(=O)OC(C)(C)C)N1Cc2c(ccnc2Cl)NC1=O. The Morgan fingerprint density at radius 2 is 1.63 bits per heavy atom. The molecule has 206 valence electrons. The van der Waals surface area contributed by atoms with Crippen molar-refractivity contribution in [1.82, 2.24) is 20.2 Å². The molecule has 3 rings (SSSR count). The van der Waals surface area contributed by atoms with Gasteiger partial charge in [0.1, 0.15) is 27.6 Å². The van der Waals surface area contributed by atoms with Gasteiger partial charge in [0.05, 0.1) is 12.2 Å². The first-order valence-corrected chi connectivity index (χ1v) is 12.6. The summed E-state index contributed by atoms with van der Waals surface area (Å²) in [5.74, 6) is -1.62. The number of halogens is 2. The van der Waals surface area contributed by atoms with Gasteiger partial charge in [-0.2, -0.15) is 0 Å². The van der Waals surface area contributed by atoms with Gasteiger partial charge in [0, 0.05) is 35.8 Å². The van der Waals surface area contributed by atoms with E-state index in [1.54, 1.807) is 53.7 Å². The van der Waals surface area contributed by atoms with E-state index in [0.29, 0.717) is 22.5 Å². The van der Waals surface area contributed by atoms with E-state index in [2.05, 4.69) is 20.6 Å². The van der Waals surface area contributed by atoms with Gasteiger partial charge in [-0.1, -0.05) is 23.2 Å². The first kappa shape index (κ1) is 29.4. The van der Waals surface area contributed by atoms with E-state index >= 15 is 0 Å². The molecule has 2 amide bonds. The Bertz CT molecular complexity index is 1210. The van der Waals surface area contributed by atoms with Gasteiger partial charge in [-0.3, -0.25) is 10.1 Å². The Kier molecular flexibility index (Phi) is 8.75. The summed E-state index contributed by atoms with van der Waals surface area (Å²) in [4.78, 5) is 49.8. The van der Waals surface area contributed by atoms with Crippen molar-refractivity contribution in [3.63, 3.8) is 0 Å². The zero-order valence-electron chi connectivity index (χ0n) is 22.1. The van der Waals surface area contributed by atoms with E-state index in [4.69, 9.17) is 38.4 Å². The second kappa shape index (κ2) is 11.3. The van der Waals surface area contributed by atoms with Gasteiger partial charge in [-0.15, -0.1) is 0 Å². The van der Waals surface area contributed by atoms with Crippen LogP contribution in [0.5, 0.6) is 0 Å². The van der Waals surface area contributed by atoms with E-state index in [-0.39, 0.29) is 23.4 Å². The van der Waals surface area contributed by atoms with Gasteiger partial charge in [-0.25, -0.2) is 19.6 Å². The largest absolute Gasteiger partial charge is 0.459 e. The van der Waals surface area contributed by atoms with E-state index in [1.165, 1.54) is 17.3 Å². The average molecular weight is 567 g/mol. The normalized spacial score (nSPS) is 15.3. The van der Waals surface area contributed by atoms with Crippen LogP contribution in [0.25, 0.3) is 0 Å². The van der Waals surface area contributed by atoms with Crippen LogP contribution in [0.4, 0.5) is 16.2 Å². The lowest BCUT2D eigenvalue weighted by molar-refractivity contribution is -0.170. The molecule has 4 N–H and O–H groups in total. The summed E-state index contributed by atoms with van der Waals surface area (Å²) >= 11 is 12.5. The molecule has 0 fully saturated rings. The number of hydrogen-bond acceptors (Lipinski definition) is 9. The maximum absolute atomic E-state index is 13.7. The smallest absolute Gasteiger partial charge is 0.331 e. The van der Waals surface area contributed by atoms with Crippen LogP contribution < -0.4 is 16.4 Å². The number of pyridine rings is 2. The van der Waals surface area contributed by atoms with E-state index in [9.17, 15) is 14.4 Å². The highest BCUT2D eigenvalue weighted by Gasteiger charge is 2.46. The number of anilines is 2. The van der Waals surface area contributed by atoms with Crippen LogP contribution in [-0.4, -0.2) is 56.1 Å². The van der Waals surface area contributed by atoms with Crippen molar-refractivity contribution in [1.29, 1.82) is 0 Å². The average Bonchev–Trinajstić information content (AvgIpc) is 2.76. The van der Waals surface area contributed by atoms with Crippen molar-refractivity contribution < 1.29 is 23.9 Å². The minimum Gasteiger partial charge on any atom is -0.459 e. The Balaban J connectivity index is 2.08. The lowest BCUT2D eigenvalue weighted by atomic mass is 10.0. The van der Waals surface area contributed by atoms with Crippen LogP contribution in [0, 0.1) is 0 Å². The first-order chi connectivity index (χ1) is 17.6. The summed E-state index contributed by atoms with van der Waals surface area (Å²) in [5, 5.41) is 5.99. The quantitative estimate of drug-likeness (QED) is 0.334. The molecule has 0 saturated carbocycles. The third kappa shape index (κ3) is 7.24. The number of fused-ring (bicyclic) bond motifs is 1. The van der Waals surface area contributed by atoms with Crippen LogP contribution in [-0.2, 0) is 32.2 Å². The van der Waals surface area contributed by atoms with Crippen LogP contribution in [0.2, 0.25) is 10.3 Å². The molecule has 38 heavy (non-hydrogen) atoms. The molecule has 2 atom stereocenters. The molecule has 0 saturated heterocycles. The molecule has 13 heteroatoms. The van der Waals surface area contributed by atoms with Gasteiger partial charge < -0.3 is 25.4 Å². The molecule has 2 aromatic heterocycles. The zero-order chi connectivity index (χ0) is 28.4. The maximum Gasteiger partial charge on any atom is 0.331 e. The van der Waals surface area contributed by atoms with E-state index in [0.717, 1.165) is 0 Å². The fraction of sp³-hybridized carbons (Fsp3) is 0.480. The molecule has 0 spiro atoms. The summed E-state index contributed by atoms with van der Waals surface area (Å²) in [5.41, 5.74) is 5.92. The van der Waals surface area contributed by atoms with Gasteiger partial charge in [0.15, 0.2) is 6.04 Å². The number of carbonyl (C=O) groups is 3. The van der Waals surface area contributed by atoms with Gasteiger partial charge in [-0.05, 0) is 53.7 Å². The minimum absolute atomic E-state index is 0.0595. The Hall–Kier alpha value is -3.15. The molecule has 0 bridgehead atoms. The molecule has 0 radical (unpaired) electrons. The molecule has 11 nitrogen and oxygen atoms in total. The highest BCUT2D eigenvalue weighted by Crippen LogP contribution is 2.31. The minimum atomic E-state index is -1.47. The molecular weight excluding hydrogens is 535 g/mol. The topological polar surface area (TPSA) is 149 Å². The number of nitrogens with one attached hydrogen (secondary N) is 2. The fourth-order valence-corrected chi connectivity index (χ4v) is 4.20. The molecule has 2 unspecified atom stereocenters. The monoisotopic (exact) mass is 566 g/mol. The Morgan fingerprint density at radius 3 is 2.24 bits per heavy atom. The number of esters is 2. The standard InChI is InChI=1S/C25H32Cl2N6O5/c1-24(2,3)37-21(34)17(31-11-13-15(28)7-9-29-19(13)26)18(22(35)38-25(4,5)6)33-12-14-16(32-23(33)36)8-10-30-20(14)27/h7-10,17-18,31H,11-12H2,1-6H3,(H2,28,29)(H,32,36). The molecule has 0 aromatic carbocycles. The summed E-state index contributed by atoms with van der Waals surface area (Å²) in [6.07, 6.45) is 2.90. The summed E-state index contributed by atoms with van der Waals surface area (Å²) in [6, 6.07) is -0.339. The van der Waals surface area contributed by atoms with Gasteiger partial charge in [0.25, 0.3) is 0 Å². The number of hydrogen-bond donors (Lipinski definition) is 3. The van der Waals surface area contributed by atoms with Crippen molar-refractivity contribution in [3.05, 3.63) is 46.0 Å². The second-order valence-electron chi connectivity index (χ2n) is 10.7. The van der Waals surface area contributed by atoms with Crippen LogP contribution in [0.3, 0.4) is 0 Å². The van der Waals surface area contributed by atoms with E-state index < -0.39 is 41.3 Å². The predicted octanol–water partition coefficient (Wildman–Crippen LogP) is 3.92. The van der Waals surface area contributed by atoms with E-state index in [1.807, 2.05) is 0 Å². The lowest BCUT2D eigenvalue weighted by Gasteiger charge is -2.39. The first-order valence-electron chi connectivity index (χ1n) is 11.9. The third-order valence-corrected chi connectivity index (χ3v) is 5.98. The maximum atomic E-state index is 13.7. The molecule has 1 aliphatic rings. The van der Waals surface area contributed by atoms with Crippen molar-refractivity contribution in [3.8, 4) is 0 Å². The Morgan fingerprint density at radius 1 is 1.05 bits per heavy atom. The zero-order valence-corrected chi connectivity index (χ0v) is 23.6. The summed E-state index contributed by atoms with van der Waals surface area (Å²) in [7, 11) is 0. The summed E-state index contributed by atoms with van der Waals surface area (Å²) < 4.78 is 11.3. The van der Waals surface area contributed by atoms with Crippen LogP contribution >= 0.6 is 23.2 Å². The Labute approximate surface area is 231 Å². The number of rotatable bonds is 7. The molecule has 3 heterocycles. The van der Waals surface area contributed by atoms with Crippen LogP contribution in [0.15, 0.2) is 24.5 Å². The van der Waals surface area contributed by atoms with Crippen molar-refractivity contribution in [2.75, 3.05) is 11.1 Å². The van der Waals surface area contributed by atoms with Crippen molar-refractivity contribution in [2.45, 2.75) is 77.9 Å². The predicted molar refractivity (Wildman–Crippen MR) is 144 cm³/mol. The number of nitrogen functional groups attached to an aromatic ring is 1. The third-order valence-electron chi connectivity index (χ3n) is 5.33. The second-order valence-corrected chi connectivity index (χ2v) is 11.4. The van der Waals surface area contributed by atoms with Gasteiger partial charge in [0.2, 0.25) is 0 Å². The number of amides is 2. The lowest BCUT2D eigenvalue weighted by Crippen LogP contribution is -2.62. The number of nitrogens with two attached hydrogens (primary N) is 1. The summed E-state index contributed by atoms with van der Waals surface area (Å²) in [6.45, 7) is 9.94. The number of urea groups is 1.